The molecule has 2 aromatic heterocycles. The molecule has 7 heteroatoms. The highest BCUT2D eigenvalue weighted by atomic mass is 32.1. The van der Waals surface area contributed by atoms with Gasteiger partial charge < -0.3 is 20.3 Å². The molecule has 160 valence electrons. The van der Waals surface area contributed by atoms with Crippen molar-refractivity contribution < 1.29 is 14.9 Å². The summed E-state index contributed by atoms with van der Waals surface area (Å²) in [6.45, 7) is 3.16. The normalized spacial score (nSPS) is 13.2. The molecule has 3 N–H and O–H groups in total. The van der Waals surface area contributed by atoms with Crippen LogP contribution >= 0.6 is 11.3 Å². The second kappa shape index (κ2) is 11.8. The van der Waals surface area contributed by atoms with Crippen molar-refractivity contribution in [2.75, 3.05) is 19.8 Å². The minimum absolute atomic E-state index is 0.00605. The lowest BCUT2D eigenvalue weighted by atomic mass is 10.0. The van der Waals surface area contributed by atoms with Crippen molar-refractivity contribution in [3.63, 3.8) is 0 Å². The minimum Gasteiger partial charge on any atom is -0.492 e. The Morgan fingerprint density at radius 2 is 2.03 bits per heavy atom. The van der Waals surface area contributed by atoms with E-state index in [0.717, 1.165) is 35.4 Å². The van der Waals surface area contributed by atoms with Gasteiger partial charge in [0.25, 0.3) is 0 Å². The number of hydrogen-bond donors (Lipinski definition) is 3. The van der Waals surface area contributed by atoms with Crippen molar-refractivity contribution in [1.29, 1.82) is 0 Å². The molecule has 0 aliphatic rings. The molecule has 0 bridgehead atoms. The van der Waals surface area contributed by atoms with Crippen LogP contribution in [0.5, 0.6) is 5.75 Å². The Hall–Kier alpha value is -2.32. The van der Waals surface area contributed by atoms with Gasteiger partial charge in [0.05, 0.1) is 16.8 Å². The van der Waals surface area contributed by atoms with Crippen molar-refractivity contribution >= 4 is 11.3 Å². The lowest BCUT2D eigenvalue weighted by Crippen LogP contribution is -2.38. The molecule has 0 amide bonds. The Morgan fingerprint density at radius 1 is 1.20 bits per heavy atom. The number of ether oxygens (including phenoxy) is 1. The van der Waals surface area contributed by atoms with Gasteiger partial charge in [-0.25, -0.2) is 4.98 Å². The molecule has 3 aromatic rings. The largest absolute Gasteiger partial charge is 0.492 e. The molecule has 0 radical (unpaired) electrons. The standard InChI is InChI=1S/C23H29N3O3S/c1-2-4-22-26-21(16-30-22)17-6-8-19(9-7-17)29-14-12-25-20(10-13-27)23(28)18-5-3-11-24-15-18/h3,5-9,11,15-16,20,23,25,27-28H,2,4,10,12-14H2,1H3/t20-,23-/m1/s1. The summed E-state index contributed by atoms with van der Waals surface area (Å²) in [5, 5.41) is 26.4. The summed E-state index contributed by atoms with van der Waals surface area (Å²) in [7, 11) is 0. The van der Waals surface area contributed by atoms with E-state index in [-0.39, 0.29) is 12.6 Å². The number of nitrogens with one attached hydrogen (secondary N) is 1. The smallest absolute Gasteiger partial charge is 0.119 e. The van der Waals surface area contributed by atoms with Crippen molar-refractivity contribution in [3.8, 4) is 17.0 Å². The first-order chi connectivity index (χ1) is 14.7. The number of pyridine rings is 1. The van der Waals surface area contributed by atoms with Crippen molar-refractivity contribution in [2.24, 2.45) is 0 Å². The molecular weight excluding hydrogens is 398 g/mol. The van der Waals surface area contributed by atoms with Crippen LogP contribution in [0.3, 0.4) is 0 Å². The van der Waals surface area contributed by atoms with Crippen LogP contribution in [0.15, 0.2) is 54.2 Å². The van der Waals surface area contributed by atoms with E-state index in [1.807, 2.05) is 30.3 Å². The molecule has 0 aliphatic carbocycles. The van der Waals surface area contributed by atoms with Crippen molar-refractivity contribution in [3.05, 3.63) is 64.7 Å². The fourth-order valence-corrected chi connectivity index (χ4v) is 4.11. The molecule has 3 rings (SSSR count). The van der Waals surface area contributed by atoms with Gasteiger partial charge in [0, 0.05) is 48.1 Å². The van der Waals surface area contributed by atoms with Gasteiger partial charge in [-0.3, -0.25) is 4.98 Å². The van der Waals surface area contributed by atoms with Gasteiger partial charge in [0.15, 0.2) is 0 Å². The monoisotopic (exact) mass is 427 g/mol. The Labute approximate surface area is 181 Å². The van der Waals surface area contributed by atoms with E-state index < -0.39 is 6.10 Å². The predicted molar refractivity (Wildman–Crippen MR) is 120 cm³/mol. The van der Waals surface area contributed by atoms with Gasteiger partial charge in [-0.2, -0.15) is 0 Å². The van der Waals surface area contributed by atoms with Crippen LogP contribution in [-0.2, 0) is 6.42 Å². The van der Waals surface area contributed by atoms with Gasteiger partial charge in [-0.05, 0) is 49.6 Å². The molecule has 2 atom stereocenters. The van der Waals surface area contributed by atoms with Crippen LogP contribution in [0.2, 0.25) is 0 Å². The summed E-state index contributed by atoms with van der Waals surface area (Å²) in [6, 6.07) is 11.3. The molecule has 2 heterocycles. The van der Waals surface area contributed by atoms with Crippen LogP contribution in [0, 0.1) is 0 Å². The van der Waals surface area contributed by atoms with E-state index >= 15 is 0 Å². The van der Waals surface area contributed by atoms with E-state index in [9.17, 15) is 10.2 Å². The minimum atomic E-state index is -0.735. The van der Waals surface area contributed by atoms with E-state index in [4.69, 9.17) is 4.74 Å². The zero-order valence-electron chi connectivity index (χ0n) is 17.2. The van der Waals surface area contributed by atoms with E-state index in [0.29, 0.717) is 19.6 Å². The molecular formula is C23H29N3O3S. The molecule has 0 fully saturated rings. The Bertz CT molecular complexity index is 871. The van der Waals surface area contributed by atoms with Crippen LogP contribution in [-0.4, -0.2) is 46.0 Å². The summed E-state index contributed by atoms with van der Waals surface area (Å²) in [6.07, 6.45) is 5.14. The first-order valence-corrected chi connectivity index (χ1v) is 11.2. The van der Waals surface area contributed by atoms with Gasteiger partial charge in [0.1, 0.15) is 12.4 Å². The van der Waals surface area contributed by atoms with Crippen molar-refractivity contribution in [2.45, 2.75) is 38.3 Å². The van der Waals surface area contributed by atoms with E-state index in [1.165, 1.54) is 5.01 Å². The number of aliphatic hydroxyl groups is 2. The number of rotatable bonds is 12. The highest BCUT2D eigenvalue weighted by Gasteiger charge is 2.20. The Balaban J connectivity index is 1.47. The lowest BCUT2D eigenvalue weighted by molar-refractivity contribution is 0.108. The quantitative estimate of drug-likeness (QED) is 0.383. The fourth-order valence-electron chi connectivity index (χ4n) is 3.20. The molecule has 0 unspecified atom stereocenters. The molecule has 6 nitrogen and oxygen atoms in total. The van der Waals surface area contributed by atoms with Crippen LogP contribution in [0.25, 0.3) is 11.3 Å². The summed E-state index contributed by atoms with van der Waals surface area (Å²) < 4.78 is 5.82. The third-order valence-electron chi connectivity index (χ3n) is 4.79. The predicted octanol–water partition coefficient (Wildman–Crippen LogP) is 3.61. The van der Waals surface area contributed by atoms with Gasteiger partial charge in [-0.15, -0.1) is 11.3 Å². The first kappa shape index (κ1) is 22.4. The molecule has 0 saturated heterocycles. The number of benzene rings is 1. The number of aromatic nitrogens is 2. The zero-order valence-corrected chi connectivity index (χ0v) is 18.0. The van der Waals surface area contributed by atoms with E-state index in [2.05, 4.69) is 27.6 Å². The number of hydrogen-bond acceptors (Lipinski definition) is 7. The topological polar surface area (TPSA) is 87.5 Å². The average molecular weight is 428 g/mol. The maximum atomic E-state index is 10.5. The van der Waals surface area contributed by atoms with Gasteiger partial charge in [-0.1, -0.05) is 13.0 Å². The molecule has 1 aromatic carbocycles. The first-order valence-electron chi connectivity index (χ1n) is 10.3. The Morgan fingerprint density at radius 3 is 2.73 bits per heavy atom. The maximum absolute atomic E-state index is 10.5. The summed E-state index contributed by atoms with van der Waals surface area (Å²) in [5.41, 5.74) is 2.82. The molecule has 30 heavy (non-hydrogen) atoms. The highest BCUT2D eigenvalue weighted by Crippen LogP contribution is 2.25. The Kier molecular flexibility index (Phi) is 8.77. The van der Waals surface area contributed by atoms with Crippen LogP contribution in [0.4, 0.5) is 0 Å². The zero-order chi connectivity index (χ0) is 21.2. The second-order valence-corrected chi connectivity index (χ2v) is 8.00. The number of aryl methyl sites for hydroxylation is 1. The maximum Gasteiger partial charge on any atom is 0.119 e. The van der Waals surface area contributed by atoms with Crippen LogP contribution < -0.4 is 10.1 Å². The fraction of sp³-hybridized carbons (Fsp3) is 0.391. The highest BCUT2D eigenvalue weighted by molar-refractivity contribution is 7.09. The van der Waals surface area contributed by atoms with Gasteiger partial charge in [0.2, 0.25) is 0 Å². The number of aliphatic hydroxyl groups excluding tert-OH is 2. The lowest BCUT2D eigenvalue weighted by Gasteiger charge is -2.23. The average Bonchev–Trinajstić information content (AvgIpc) is 3.25. The SMILES string of the molecule is CCCc1nc(-c2ccc(OCCN[C@H](CCO)[C@H](O)c3cccnc3)cc2)cs1. The third-order valence-corrected chi connectivity index (χ3v) is 5.70. The molecule has 0 saturated carbocycles. The van der Waals surface area contributed by atoms with Gasteiger partial charge >= 0.3 is 0 Å². The van der Waals surface area contributed by atoms with Crippen LogP contribution in [0.1, 0.15) is 36.4 Å². The number of nitrogens with zero attached hydrogens (tertiary/aromatic N) is 2. The second-order valence-electron chi connectivity index (χ2n) is 7.05. The summed E-state index contributed by atoms with van der Waals surface area (Å²) in [4.78, 5) is 8.72. The molecule has 0 spiro atoms. The third kappa shape index (κ3) is 6.34. The summed E-state index contributed by atoms with van der Waals surface area (Å²) in [5.74, 6) is 0.788. The molecule has 0 aliphatic heterocycles. The van der Waals surface area contributed by atoms with Crippen molar-refractivity contribution in [1.82, 2.24) is 15.3 Å². The summed E-state index contributed by atoms with van der Waals surface area (Å²) >= 11 is 1.70. The number of thiazole rings is 1. The van der Waals surface area contributed by atoms with E-state index in [1.54, 1.807) is 29.8 Å².